The first kappa shape index (κ1) is 18.2. The topological polar surface area (TPSA) is 94.0 Å². The van der Waals surface area contributed by atoms with Crippen molar-refractivity contribution in [2.45, 2.75) is 45.1 Å². The summed E-state index contributed by atoms with van der Waals surface area (Å²) in [6.07, 6.45) is 3.60. The smallest absolute Gasteiger partial charge is 0.315 e. The summed E-state index contributed by atoms with van der Waals surface area (Å²) in [5.41, 5.74) is 0.154. The van der Waals surface area contributed by atoms with Crippen molar-refractivity contribution in [1.82, 2.24) is 30.8 Å². The molecule has 3 rings (SSSR count). The van der Waals surface area contributed by atoms with Crippen LogP contribution in [0, 0.1) is 5.92 Å². The summed E-state index contributed by atoms with van der Waals surface area (Å²) < 4.78 is 7.15. The van der Waals surface area contributed by atoms with Crippen LogP contribution in [0.4, 0.5) is 4.79 Å². The number of benzene rings is 1. The van der Waals surface area contributed by atoms with E-state index < -0.39 is 5.54 Å². The molecule has 1 fully saturated rings. The number of carbonyl (C=O) groups is 1. The van der Waals surface area contributed by atoms with E-state index in [-0.39, 0.29) is 6.03 Å². The molecule has 0 bridgehead atoms. The van der Waals surface area contributed by atoms with Crippen molar-refractivity contribution in [1.29, 1.82) is 0 Å². The standard InChI is InChI=1S/C18H26N6O2/c1-4-19-17(25)20-18(11-9-13(2)10-12-18)16-21-22-23-24(16)14-7-5-6-8-15(14)26-3/h5-8,13H,4,9-12H2,1-3H3,(H2,19,20,25). The van der Waals surface area contributed by atoms with Gasteiger partial charge in [0.25, 0.3) is 0 Å². The molecule has 2 aromatic rings. The highest BCUT2D eigenvalue weighted by Gasteiger charge is 2.42. The number of tetrazole rings is 1. The molecule has 1 aliphatic carbocycles. The fraction of sp³-hybridized carbons (Fsp3) is 0.556. The maximum absolute atomic E-state index is 12.3. The van der Waals surface area contributed by atoms with E-state index in [1.165, 1.54) is 0 Å². The second-order valence-electron chi connectivity index (χ2n) is 6.84. The summed E-state index contributed by atoms with van der Waals surface area (Å²) in [4.78, 5) is 12.3. The van der Waals surface area contributed by atoms with Gasteiger partial charge in [0, 0.05) is 6.54 Å². The summed E-state index contributed by atoms with van der Waals surface area (Å²) in [6, 6.07) is 7.39. The maximum Gasteiger partial charge on any atom is 0.315 e. The summed E-state index contributed by atoms with van der Waals surface area (Å²) in [5, 5.41) is 18.4. The van der Waals surface area contributed by atoms with Crippen molar-refractivity contribution < 1.29 is 9.53 Å². The number of urea groups is 1. The lowest BCUT2D eigenvalue weighted by Crippen LogP contribution is -2.53. The zero-order valence-electron chi connectivity index (χ0n) is 15.5. The first-order valence-electron chi connectivity index (χ1n) is 9.08. The number of carbonyl (C=O) groups excluding carboxylic acids is 1. The predicted molar refractivity (Wildman–Crippen MR) is 97.2 cm³/mol. The van der Waals surface area contributed by atoms with Crippen LogP contribution in [-0.4, -0.2) is 39.9 Å². The Kier molecular flexibility index (Phi) is 5.39. The first-order valence-corrected chi connectivity index (χ1v) is 9.08. The van der Waals surface area contributed by atoms with Crippen molar-refractivity contribution in [2.24, 2.45) is 5.92 Å². The molecule has 0 aliphatic heterocycles. The lowest BCUT2D eigenvalue weighted by Gasteiger charge is -2.38. The highest BCUT2D eigenvalue weighted by atomic mass is 16.5. The molecule has 1 heterocycles. The van der Waals surface area contributed by atoms with Crippen LogP contribution in [0.1, 0.15) is 45.4 Å². The predicted octanol–water partition coefficient (Wildman–Crippen LogP) is 2.40. The van der Waals surface area contributed by atoms with Gasteiger partial charge in [0.2, 0.25) is 0 Å². The lowest BCUT2D eigenvalue weighted by molar-refractivity contribution is 0.176. The highest BCUT2D eigenvalue weighted by Crippen LogP contribution is 2.39. The van der Waals surface area contributed by atoms with E-state index in [0.29, 0.717) is 24.0 Å². The average molecular weight is 358 g/mol. The van der Waals surface area contributed by atoms with Gasteiger partial charge in [-0.2, -0.15) is 4.68 Å². The van der Waals surface area contributed by atoms with Gasteiger partial charge < -0.3 is 15.4 Å². The van der Waals surface area contributed by atoms with E-state index in [9.17, 15) is 4.79 Å². The first-order chi connectivity index (χ1) is 12.6. The van der Waals surface area contributed by atoms with E-state index in [4.69, 9.17) is 4.74 Å². The molecule has 2 N–H and O–H groups in total. The van der Waals surface area contributed by atoms with Crippen LogP contribution < -0.4 is 15.4 Å². The number of nitrogens with one attached hydrogen (secondary N) is 2. The third-order valence-corrected chi connectivity index (χ3v) is 5.03. The van der Waals surface area contributed by atoms with E-state index in [1.807, 2.05) is 31.2 Å². The van der Waals surface area contributed by atoms with Gasteiger partial charge in [-0.3, -0.25) is 0 Å². The van der Waals surface area contributed by atoms with Crippen molar-refractivity contribution in [2.75, 3.05) is 13.7 Å². The third kappa shape index (κ3) is 3.49. The Labute approximate surface area is 153 Å². The van der Waals surface area contributed by atoms with Crippen LogP contribution in [0.5, 0.6) is 5.75 Å². The van der Waals surface area contributed by atoms with Crippen LogP contribution in [-0.2, 0) is 5.54 Å². The third-order valence-electron chi connectivity index (χ3n) is 5.03. The number of nitrogens with zero attached hydrogens (tertiary/aromatic N) is 4. The summed E-state index contributed by atoms with van der Waals surface area (Å²) in [5.74, 6) is 1.94. The van der Waals surface area contributed by atoms with Gasteiger partial charge in [-0.25, -0.2) is 4.79 Å². The Morgan fingerprint density at radius 3 is 2.77 bits per heavy atom. The Balaban J connectivity index is 2.03. The molecule has 0 radical (unpaired) electrons. The number of amides is 2. The SMILES string of the molecule is CCNC(=O)NC1(c2nnnn2-c2ccccc2OC)CCC(C)CC1. The Hall–Kier alpha value is -2.64. The molecule has 2 amide bonds. The largest absolute Gasteiger partial charge is 0.494 e. The molecule has 8 nitrogen and oxygen atoms in total. The van der Waals surface area contributed by atoms with Gasteiger partial charge in [0.05, 0.1) is 7.11 Å². The highest BCUT2D eigenvalue weighted by molar-refractivity contribution is 5.75. The lowest BCUT2D eigenvalue weighted by atomic mass is 9.76. The molecule has 0 atom stereocenters. The Bertz CT molecular complexity index is 752. The van der Waals surface area contributed by atoms with Crippen LogP contribution in [0.25, 0.3) is 5.69 Å². The van der Waals surface area contributed by atoms with Crippen LogP contribution >= 0.6 is 0 Å². The van der Waals surface area contributed by atoms with Gasteiger partial charge in [0.1, 0.15) is 17.0 Å². The van der Waals surface area contributed by atoms with Crippen molar-refractivity contribution >= 4 is 6.03 Å². The quantitative estimate of drug-likeness (QED) is 0.856. The van der Waals surface area contributed by atoms with Crippen LogP contribution in [0.2, 0.25) is 0 Å². The van der Waals surface area contributed by atoms with E-state index in [0.717, 1.165) is 31.4 Å². The number of hydrogen-bond donors (Lipinski definition) is 2. The number of aromatic nitrogens is 4. The molecule has 0 spiro atoms. The monoisotopic (exact) mass is 358 g/mol. The molecule has 0 saturated heterocycles. The minimum atomic E-state index is -0.601. The fourth-order valence-corrected chi connectivity index (χ4v) is 3.53. The number of para-hydroxylation sites is 2. The zero-order chi connectivity index (χ0) is 18.6. The second-order valence-corrected chi connectivity index (χ2v) is 6.84. The molecule has 0 unspecified atom stereocenters. The number of hydrogen-bond acceptors (Lipinski definition) is 5. The molecule has 1 aromatic heterocycles. The number of ether oxygens (including phenoxy) is 1. The molecular formula is C18H26N6O2. The van der Waals surface area contributed by atoms with Crippen molar-refractivity contribution in [3.63, 3.8) is 0 Å². The normalized spacial score (nSPS) is 22.7. The van der Waals surface area contributed by atoms with Gasteiger partial charge in [-0.05, 0) is 61.1 Å². The van der Waals surface area contributed by atoms with Crippen LogP contribution in [0.3, 0.4) is 0 Å². The second kappa shape index (κ2) is 7.72. The summed E-state index contributed by atoms with van der Waals surface area (Å²) in [7, 11) is 1.62. The van der Waals surface area contributed by atoms with E-state index >= 15 is 0 Å². The van der Waals surface area contributed by atoms with E-state index in [1.54, 1.807) is 11.8 Å². The molecule has 1 saturated carbocycles. The molecule has 1 aliphatic rings. The Morgan fingerprint density at radius 1 is 1.35 bits per heavy atom. The van der Waals surface area contributed by atoms with Crippen molar-refractivity contribution in [3.05, 3.63) is 30.1 Å². The number of methoxy groups -OCH3 is 1. The fourth-order valence-electron chi connectivity index (χ4n) is 3.53. The molecule has 8 heteroatoms. The van der Waals surface area contributed by atoms with Crippen LogP contribution in [0.15, 0.2) is 24.3 Å². The van der Waals surface area contributed by atoms with E-state index in [2.05, 4.69) is 33.1 Å². The maximum atomic E-state index is 12.3. The van der Waals surface area contributed by atoms with Gasteiger partial charge in [-0.15, -0.1) is 5.10 Å². The minimum absolute atomic E-state index is 0.198. The molecule has 26 heavy (non-hydrogen) atoms. The average Bonchev–Trinajstić information content (AvgIpc) is 3.14. The molecular weight excluding hydrogens is 332 g/mol. The number of rotatable bonds is 5. The summed E-state index contributed by atoms with van der Waals surface area (Å²) >= 11 is 0. The van der Waals surface area contributed by atoms with Crippen molar-refractivity contribution in [3.8, 4) is 11.4 Å². The molecule has 140 valence electrons. The van der Waals surface area contributed by atoms with Gasteiger partial charge in [-0.1, -0.05) is 19.1 Å². The Morgan fingerprint density at radius 2 is 2.08 bits per heavy atom. The minimum Gasteiger partial charge on any atom is -0.494 e. The van der Waals surface area contributed by atoms with Gasteiger partial charge in [0.15, 0.2) is 5.82 Å². The molecule has 1 aromatic carbocycles. The van der Waals surface area contributed by atoms with Gasteiger partial charge >= 0.3 is 6.03 Å². The summed E-state index contributed by atoms with van der Waals surface area (Å²) in [6.45, 7) is 4.70. The zero-order valence-corrected chi connectivity index (χ0v) is 15.5.